The molecule has 0 heterocycles. The summed E-state index contributed by atoms with van der Waals surface area (Å²) in [5, 5.41) is 24.2. The van der Waals surface area contributed by atoms with E-state index < -0.39 is 17.2 Å². The fourth-order valence-corrected chi connectivity index (χ4v) is 2.33. The minimum Gasteiger partial charge on any atom is -0.394 e. The second-order valence-electron chi connectivity index (χ2n) is 7.59. The molecule has 2 amide bonds. The van der Waals surface area contributed by atoms with Gasteiger partial charge in [-0.1, -0.05) is 27.7 Å². The summed E-state index contributed by atoms with van der Waals surface area (Å²) in [7, 11) is 0. The van der Waals surface area contributed by atoms with Crippen molar-refractivity contribution in [3.05, 3.63) is 0 Å². The smallest absolute Gasteiger partial charge is 0.235 e. The molecule has 0 aromatic heterocycles. The predicted octanol–water partition coefficient (Wildman–Crippen LogP) is 1.06. The van der Waals surface area contributed by atoms with Crippen LogP contribution in [-0.4, -0.2) is 47.3 Å². The first-order chi connectivity index (χ1) is 10.5. The Morgan fingerprint density at radius 2 is 1.13 bits per heavy atom. The van der Waals surface area contributed by atoms with Crippen LogP contribution in [0.25, 0.3) is 0 Å². The summed E-state index contributed by atoms with van der Waals surface area (Å²) < 4.78 is 0. The van der Waals surface area contributed by atoms with Gasteiger partial charge in [-0.25, -0.2) is 0 Å². The summed E-state index contributed by atoms with van der Waals surface area (Å²) in [6, 6.07) is -0.724. The van der Waals surface area contributed by atoms with E-state index >= 15 is 0 Å². The van der Waals surface area contributed by atoms with Crippen molar-refractivity contribution in [2.24, 2.45) is 17.3 Å². The molecule has 0 saturated carbocycles. The van der Waals surface area contributed by atoms with Crippen molar-refractivity contribution in [2.75, 3.05) is 13.2 Å². The number of amides is 2. The highest BCUT2D eigenvalue weighted by Gasteiger charge is 2.37. The van der Waals surface area contributed by atoms with Crippen molar-refractivity contribution >= 4 is 11.8 Å². The van der Waals surface area contributed by atoms with Gasteiger partial charge in [0.1, 0.15) is 5.41 Å². The molecular weight excluding hydrogens is 296 g/mol. The summed E-state index contributed by atoms with van der Waals surface area (Å²) in [4.78, 5) is 24.8. The van der Waals surface area contributed by atoms with Crippen LogP contribution in [0.3, 0.4) is 0 Å². The normalized spacial score (nSPS) is 14.7. The van der Waals surface area contributed by atoms with Crippen LogP contribution in [0.1, 0.15) is 54.4 Å². The molecule has 0 aliphatic heterocycles. The van der Waals surface area contributed by atoms with Gasteiger partial charge in [0, 0.05) is 0 Å². The summed E-state index contributed by atoms with van der Waals surface area (Å²) in [5.41, 5.74) is -1.27. The number of aliphatic hydroxyl groups excluding tert-OH is 2. The molecule has 136 valence electrons. The maximum absolute atomic E-state index is 12.4. The van der Waals surface area contributed by atoms with E-state index in [9.17, 15) is 19.8 Å². The van der Waals surface area contributed by atoms with Crippen molar-refractivity contribution in [3.63, 3.8) is 0 Å². The van der Waals surface area contributed by atoms with Gasteiger partial charge < -0.3 is 20.8 Å². The number of carbonyl (C=O) groups is 2. The Kier molecular flexibility index (Phi) is 9.39. The molecule has 2 unspecified atom stereocenters. The first kappa shape index (κ1) is 21.9. The van der Waals surface area contributed by atoms with Crippen molar-refractivity contribution < 1.29 is 19.8 Å². The van der Waals surface area contributed by atoms with Gasteiger partial charge in [0.05, 0.1) is 25.3 Å². The van der Waals surface area contributed by atoms with E-state index in [1.807, 2.05) is 27.7 Å². The van der Waals surface area contributed by atoms with E-state index in [2.05, 4.69) is 10.6 Å². The lowest BCUT2D eigenvalue weighted by molar-refractivity contribution is -0.142. The molecule has 0 saturated heterocycles. The molecule has 6 heteroatoms. The molecule has 0 aromatic carbocycles. The van der Waals surface area contributed by atoms with Gasteiger partial charge in [0.2, 0.25) is 11.8 Å². The first-order valence-corrected chi connectivity index (χ1v) is 8.38. The van der Waals surface area contributed by atoms with Crippen LogP contribution in [0.5, 0.6) is 0 Å². The minimum absolute atomic E-state index is 0.158. The van der Waals surface area contributed by atoms with Crippen LogP contribution in [-0.2, 0) is 9.59 Å². The molecule has 4 N–H and O–H groups in total. The van der Waals surface area contributed by atoms with Gasteiger partial charge in [-0.3, -0.25) is 9.59 Å². The topological polar surface area (TPSA) is 98.7 Å². The summed E-state index contributed by atoms with van der Waals surface area (Å²) >= 11 is 0. The molecular formula is C17H34N2O4. The Morgan fingerprint density at radius 3 is 1.35 bits per heavy atom. The molecule has 0 bridgehead atoms. The minimum atomic E-state index is -1.27. The van der Waals surface area contributed by atoms with Crippen molar-refractivity contribution in [1.82, 2.24) is 10.6 Å². The van der Waals surface area contributed by atoms with E-state index in [4.69, 9.17) is 0 Å². The third kappa shape index (κ3) is 7.79. The Labute approximate surface area is 140 Å². The van der Waals surface area contributed by atoms with Crippen LogP contribution in [0.15, 0.2) is 0 Å². The lowest BCUT2D eigenvalue weighted by Crippen LogP contribution is -2.53. The maximum Gasteiger partial charge on any atom is 0.235 e. The molecule has 0 radical (unpaired) electrons. The van der Waals surface area contributed by atoms with Crippen molar-refractivity contribution in [2.45, 2.75) is 66.5 Å². The van der Waals surface area contributed by atoms with Crippen LogP contribution >= 0.6 is 0 Å². The third-order valence-electron chi connectivity index (χ3n) is 3.76. The molecule has 2 atom stereocenters. The molecule has 0 aliphatic carbocycles. The van der Waals surface area contributed by atoms with E-state index in [1.165, 1.54) is 0 Å². The molecule has 6 nitrogen and oxygen atoms in total. The lowest BCUT2D eigenvalue weighted by Gasteiger charge is -2.28. The van der Waals surface area contributed by atoms with Gasteiger partial charge in [-0.15, -0.1) is 0 Å². The van der Waals surface area contributed by atoms with Crippen molar-refractivity contribution in [1.29, 1.82) is 0 Å². The molecule has 0 aliphatic rings. The largest absolute Gasteiger partial charge is 0.394 e. The fraction of sp³-hybridized carbons (Fsp3) is 0.882. The Balaban J connectivity index is 4.80. The fourth-order valence-electron chi connectivity index (χ4n) is 2.33. The number of hydrogen-bond acceptors (Lipinski definition) is 4. The van der Waals surface area contributed by atoms with E-state index in [0.717, 1.165) is 0 Å². The average molecular weight is 330 g/mol. The Morgan fingerprint density at radius 1 is 0.826 bits per heavy atom. The number of hydrogen-bond donors (Lipinski definition) is 4. The zero-order chi connectivity index (χ0) is 18.2. The monoisotopic (exact) mass is 330 g/mol. The van der Waals surface area contributed by atoms with E-state index in [0.29, 0.717) is 24.7 Å². The zero-order valence-corrected chi connectivity index (χ0v) is 15.3. The SMILES string of the molecule is CC(C)CC(CO)NC(=O)C(C)(C)C(=O)NC(CO)CC(C)C. The van der Waals surface area contributed by atoms with E-state index in [-0.39, 0.29) is 25.3 Å². The number of rotatable bonds is 10. The van der Waals surface area contributed by atoms with Crippen molar-refractivity contribution in [3.8, 4) is 0 Å². The third-order valence-corrected chi connectivity index (χ3v) is 3.76. The average Bonchev–Trinajstić information content (AvgIpc) is 2.44. The molecule has 23 heavy (non-hydrogen) atoms. The van der Waals surface area contributed by atoms with E-state index in [1.54, 1.807) is 13.8 Å². The highest BCUT2D eigenvalue weighted by atomic mass is 16.3. The quantitative estimate of drug-likeness (QED) is 0.450. The predicted molar refractivity (Wildman–Crippen MR) is 90.7 cm³/mol. The highest BCUT2D eigenvalue weighted by molar-refractivity contribution is 6.04. The summed E-state index contributed by atoms with van der Waals surface area (Å²) in [6.45, 7) is 10.8. The molecule has 0 rings (SSSR count). The number of aliphatic hydroxyl groups is 2. The molecule has 0 spiro atoms. The van der Waals surface area contributed by atoms with Crippen LogP contribution in [0, 0.1) is 17.3 Å². The molecule has 0 aromatic rings. The standard InChI is InChI=1S/C17H34N2O4/c1-11(2)7-13(9-20)18-15(22)17(5,6)16(23)19-14(10-21)8-12(3)4/h11-14,20-21H,7-10H2,1-6H3,(H,18,22)(H,19,23). The number of nitrogens with one attached hydrogen (secondary N) is 2. The van der Waals surface area contributed by atoms with Crippen LogP contribution in [0.2, 0.25) is 0 Å². The lowest BCUT2D eigenvalue weighted by atomic mass is 9.89. The first-order valence-electron chi connectivity index (χ1n) is 8.38. The molecule has 0 fully saturated rings. The Hall–Kier alpha value is -1.14. The summed E-state index contributed by atoms with van der Waals surface area (Å²) in [5.74, 6) is -0.185. The van der Waals surface area contributed by atoms with Gasteiger partial charge in [0.15, 0.2) is 0 Å². The second kappa shape index (κ2) is 9.88. The van der Waals surface area contributed by atoms with Gasteiger partial charge in [-0.2, -0.15) is 0 Å². The highest BCUT2D eigenvalue weighted by Crippen LogP contribution is 2.18. The van der Waals surface area contributed by atoms with Crippen LogP contribution in [0.4, 0.5) is 0 Å². The maximum atomic E-state index is 12.4. The Bertz CT molecular complexity index is 347. The zero-order valence-electron chi connectivity index (χ0n) is 15.3. The van der Waals surface area contributed by atoms with Gasteiger partial charge in [-0.05, 0) is 38.5 Å². The van der Waals surface area contributed by atoms with Gasteiger partial charge >= 0.3 is 0 Å². The van der Waals surface area contributed by atoms with Crippen LogP contribution < -0.4 is 10.6 Å². The summed E-state index contributed by atoms with van der Waals surface area (Å²) in [6.07, 6.45) is 1.29. The van der Waals surface area contributed by atoms with Gasteiger partial charge in [0.25, 0.3) is 0 Å². The number of carbonyl (C=O) groups excluding carboxylic acids is 2. The second-order valence-corrected chi connectivity index (χ2v) is 7.59.